The second-order valence-electron chi connectivity index (χ2n) is 3.71. The molecule has 3 heteroatoms. The van der Waals surface area contributed by atoms with E-state index in [-0.39, 0.29) is 0 Å². The van der Waals surface area contributed by atoms with Gasteiger partial charge in [0.05, 0.1) is 5.69 Å². The second kappa shape index (κ2) is 3.69. The molecule has 1 aromatic heterocycles. The molecule has 0 atom stereocenters. The van der Waals surface area contributed by atoms with Crippen molar-refractivity contribution in [1.82, 2.24) is 4.98 Å². The average molecular weight is 201 g/mol. The van der Waals surface area contributed by atoms with E-state index in [1.807, 2.05) is 44.3 Å². The molecule has 0 fully saturated rings. The van der Waals surface area contributed by atoms with Crippen molar-refractivity contribution in [2.75, 3.05) is 11.1 Å². The number of aromatic nitrogens is 1. The Morgan fingerprint density at radius 2 is 2.00 bits per heavy atom. The van der Waals surface area contributed by atoms with Crippen LogP contribution in [-0.4, -0.2) is 4.98 Å². The summed E-state index contributed by atoms with van der Waals surface area (Å²) < 4.78 is 0. The number of hydrogen-bond donors (Lipinski definition) is 3. The van der Waals surface area contributed by atoms with Gasteiger partial charge in [-0.2, -0.15) is 0 Å². The summed E-state index contributed by atoms with van der Waals surface area (Å²) in [4.78, 5) is 3.12. The molecule has 0 unspecified atom stereocenters. The van der Waals surface area contributed by atoms with Gasteiger partial charge in [-0.15, -0.1) is 0 Å². The Kier molecular flexibility index (Phi) is 2.37. The van der Waals surface area contributed by atoms with Gasteiger partial charge < -0.3 is 16.0 Å². The second-order valence-corrected chi connectivity index (χ2v) is 3.71. The number of hydrogen-bond acceptors (Lipinski definition) is 2. The van der Waals surface area contributed by atoms with E-state index >= 15 is 0 Å². The van der Waals surface area contributed by atoms with E-state index in [4.69, 9.17) is 5.73 Å². The number of benzene rings is 1. The molecule has 0 radical (unpaired) electrons. The molecular formula is C12H15N3. The molecule has 78 valence electrons. The predicted molar refractivity (Wildman–Crippen MR) is 64.4 cm³/mol. The zero-order valence-electron chi connectivity index (χ0n) is 8.96. The van der Waals surface area contributed by atoms with Crippen LogP contribution in [0.4, 0.5) is 17.1 Å². The lowest BCUT2D eigenvalue weighted by Crippen LogP contribution is -1.94. The molecule has 15 heavy (non-hydrogen) atoms. The molecule has 0 bridgehead atoms. The molecule has 2 rings (SSSR count). The average Bonchev–Trinajstić information content (AvgIpc) is 2.59. The normalized spacial score (nSPS) is 10.3. The maximum Gasteiger partial charge on any atom is 0.0592 e. The van der Waals surface area contributed by atoms with E-state index in [9.17, 15) is 0 Å². The number of anilines is 3. The minimum atomic E-state index is 0.813. The van der Waals surface area contributed by atoms with Crippen LogP contribution in [0.2, 0.25) is 0 Å². The molecule has 0 amide bonds. The van der Waals surface area contributed by atoms with Crippen LogP contribution in [-0.2, 0) is 0 Å². The van der Waals surface area contributed by atoms with Gasteiger partial charge in [-0.3, -0.25) is 0 Å². The summed E-state index contributed by atoms with van der Waals surface area (Å²) in [5.74, 6) is 0. The highest BCUT2D eigenvalue weighted by Crippen LogP contribution is 2.22. The Labute approximate surface area is 89.3 Å². The molecule has 2 aromatic rings. The minimum absolute atomic E-state index is 0.813. The summed E-state index contributed by atoms with van der Waals surface area (Å²) in [5, 5.41) is 3.31. The summed E-state index contributed by atoms with van der Waals surface area (Å²) >= 11 is 0. The molecular weight excluding hydrogens is 186 g/mol. The Balaban J connectivity index is 2.25. The number of nitrogen functional groups attached to an aromatic ring is 1. The Morgan fingerprint density at radius 1 is 1.20 bits per heavy atom. The van der Waals surface area contributed by atoms with Gasteiger partial charge in [0.25, 0.3) is 0 Å². The third kappa shape index (κ3) is 1.96. The van der Waals surface area contributed by atoms with Gasteiger partial charge in [-0.1, -0.05) is 6.07 Å². The SMILES string of the molecule is Cc1ccc(Nc2cc[nH]c2C)cc1N. The van der Waals surface area contributed by atoms with E-state index in [0.717, 1.165) is 28.3 Å². The van der Waals surface area contributed by atoms with Crippen molar-refractivity contribution in [3.05, 3.63) is 41.7 Å². The van der Waals surface area contributed by atoms with Gasteiger partial charge in [-0.05, 0) is 37.6 Å². The summed E-state index contributed by atoms with van der Waals surface area (Å²) in [6, 6.07) is 7.99. The third-order valence-electron chi connectivity index (χ3n) is 2.51. The first kappa shape index (κ1) is 9.65. The fourth-order valence-electron chi connectivity index (χ4n) is 1.46. The molecule has 0 spiro atoms. The number of rotatable bonds is 2. The fraction of sp³-hybridized carbons (Fsp3) is 0.167. The zero-order chi connectivity index (χ0) is 10.8. The van der Waals surface area contributed by atoms with Crippen molar-refractivity contribution in [1.29, 1.82) is 0 Å². The number of aryl methyl sites for hydroxylation is 2. The van der Waals surface area contributed by atoms with E-state index in [1.165, 1.54) is 0 Å². The molecule has 1 heterocycles. The van der Waals surface area contributed by atoms with Crippen LogP contribution in [0.15, 0.2) is 30.5 Å². The Hall–Kier alpha value is -1.90. The highest BCUT2D eigenvalue weighted by molar-refractivity contribution is 5.66. The van der Waals surface area contributed by atoms with Crippen molar-refractivity contribution in [3.8, 4) is 0 Å². The summed E-state index contributed by atoms with van der Waals surface area (Å²) in [7, 11) is 0. The molecule has 0 saturated carbocycles. The lowest BCUT2D eigenvalue weighted by molar-refractivity contribution is 1.26. The van der Waals surface area contributed by atoms with E-state index < -0.39 is 0 Å². The number of H-pyrrole nitrogens is 1. The largest absolute Gasteiger partial charge is 0.398 e. The van der Waals surface area contributed by atoms with Crippen molar-refractivity contribution < 1.29 is 0 Å². The fourth-order valence-corrected chi connectivity index (χ4v) is 1.46. The number of nitrogens with two attached hydrogens (primary N) is 1. The first-order chi connectivity index (χ1) is 7.16. The molecule has 1 aromatic carbocycles. The van der Waals surface area contributed by atoms with Gasteiger partial charge in [0, 0.05) is 23.3 Å². The highest BCUT2D eigenvalue weighted by atomic mass is 14.9. The van der Waals surface area contributed by atoms with Crippen molar-refractivity contribution in [2.24, 2.45) is 0 Å². The van der Waals surface area contributed by atoms with E-state index in [0.29, 0.717) is 0 Å². The standard InChI is InChI=1S/C12H15N3/c1-8-3-4-10(7-11(8)13)15-12-5-6-14-9(12)2/h3-7,14-15H,13H2,1-2H3. The van der Waals surface area contributed by atoms with Crippen LogP contribution in [0.5, 0.6) is 0 Å². The lowest BCUT2D eigenvalue weighted by atomic mass is 10.2. The van der Waals surface area contributed by atoms with Gasteiger partial charge in [0.2, 0.25) is 0 Å². The van der Waals surface area contributed by atoms with Crippen LogP contribution >= 0.6 is 0 Å². The maximum atomic E-state index is 5.84. The molecule has 4 N–H and O–H groups in total. The third-order valence-corrected chi connectivity index (χ3v) is 2.51. The van der Waals surface area contributed by atoms with Gasteiger partial charge >= 0.3 is 0 Å². The molecule has 0 aliphatic rings. The highest BCUT2D eigenvalue weighted by Gasteiger charge is 2.00. The first-order valence-electron chi connectivity index (χ1n) is 4.94. The topological polar surface area (TPSA) is 53.8 Å². The Morgan fingerprint density at radius 3 is 2.60 bits per heavy atom. The van der Waals surface area contributed by atoms with Crippen molar-refractivity contribution in [3.63, 3.8) is 0 Å². The van der Waals surface area contributed by atoms with Crippen LogP contribution in [0.1, 0.15) is 11.3 Å². The van der Waals surface area contributed by atoms with Crippen LogP contribution < -0.4 is 11.1 Å². The van der Waals surface area contributed by atoms with Crippen LogP contribution in [0.25, 0.3) is 0 Å². The van der Waals surface area contributed by atoms with E-state index in [2.05, 4.69) is 10.3 Å². The van der Waals surface area contributed by atoms with Gasteiger partial charge in [0.1, 0.15) is 0 Å². The van der Waals surface area contributed by atoms with Gasteiger partial charge in [-0.25, -0.2) is 0 Å². The Bertz CT molecular complexity index is 471. The minimum Gasteiger partial charge on any atom is -0.398 e. The predicted octanol–water partition coefficient (Wildman–Crippen LogP) is 2.96. The van der Waals surface area contributed by atoms with Crippen molar-refractivity contribution >= 4 is 17.1 Å². The smallest absolute Gasteiger partial charge is 0.0592 e. The molecule has 0 aliphatic heterocycles. The van der Waals surface area contributed by atoms with Gasteiger partial charge in [0.15, 0.2) is 0 Å². The lowest BCUT2D eigenvalue weighted by Gasteiger charge is -2.07. The number of aromatic amines is 1. The zero-order valence-corrected chi connectivity index (χ0v) is 8.96. The quantitative estimate of drug-likeness (QED) is 0.654. The van der Waals surface area contributed by atoms with Crippen LogP contribution in [0.3, 0.4) is 0 Å². The monoisotopic (exact) mass is 201 g/mol. The molecule has 0 saturated heterocycles. The molecule has 0 aliphatic carbocycles. The maximum absolute atomic E-state index is 5.84. The summed E-state index contributed by atoms with van der Waals surface area (Å²) in [6.07, 6.45) is 1.91. The van der Waals surface area contributed by atoms with E-state index in [1.54, 1.807) is 0 Å². The summed E-state index contributed by atoms with van der Waals surface area (Å²) in [5.41, 5.74) is 11.0. The van der Waals surface area contributed by atoms with Crippen LogP contribution in [0, 0.1) is 13.8 Å². The first-order valence-corrected chi connectivity index (χ1v) is 4.94. The number of nitrogens with one attached hydrogen (secondary N) is 2. The summed E-state index contributed by atoms with van der Waals surface area (Å²) in [6.45, 7) is 4.03. The molecule has 3 nitrogen and oxygen atoms in total. The van der Waals surface area contributed by atoms with Crippen molar-refractivity contribution in [2.45, 2.75) is 13.8 Å².